The van der Waals surface area contributed by atoms with Crippen LogP contribution in [-0.2, 0) is 11.2 Å². The van der Waals surface area contributed by atoms with Gasteiger partial charge in [-0.05, 0) is 76.7 Å². The van der Waals surface area contributed by atoms with Crippen molar-refractivity contribution in [1.82, 2.24) is 0 Å². The van der Waals surface area contributed by atoms with Crippen LogP contribution in [0, 0.1) is 5.41 Å². The summed E-state index contributed by atoms with van der Waals surface area (Å²) in [6.45, 7) is 5.29. The van der Waals surface area contributed by atoms with Gasteiger partial charge in [0.15, 0.2) is 0 Å². The van der Waals surface area contributed by atoms with Gasteiger partial charge in [-0.1, -0.05) is 0 Å². The molecule has 112 valence electrons. The predicted molar refractivity (Wildman–Crippen MR) is 86.1 cm³/mol. The van der Waals surface area contributed by atoms with Crippen molar-refractivity contribution in [2.45, 2.75) is 33.2 Å². The molecule has 0 saturated heterocycles. The Bertz CT molecular complexity index is 478. The number of benzene rings is 1. The van der Waals surface area contributed by atoms with Crippen LogP contribution in [0.3, 0.4) is 0 Å². The van der Waals surface area contributed by atoms with Crippen LogP contribution in [0.25, 0.3) is 0 Å². The van der Waals surface area contributed by atoms with Crippen molar-refractivity contribution in [3.8, 4) is 5.75 Å². The second-order valence-electron chi connectivity index (χ2n) is 5.55. The number of rotatable bonds is 6. The number of carboxylic acid groups (broad SMARTS) is 1. The lowest BCUT2D eigenvalue weighted by Crippen LogP contribution is -2.30. The van der Waals surface area contributed by atoms with Crippen LogP contribution >= 0.6 is 31.9 Å². The van der Waals surface area contributed by atoms with E-state index in [2.05, 4.69) is 31.9 Å². The second-order valence-corrected chi connectivity index (χ2v) is 7.26. The molecule has 0 amide bonds. The Morgan fingerprint density at radius 3 is 2.30 bits per heavy atom. The van der Waals surface area contributed by atoms with E-state index < -0.39 is 11.4 Å². The lowest BCUT2D eigenvalue weighted by atomic mass is 9.95. The monoisotopic (exact) mass is 407 g/mol. The van der Waals surface area contributed by atoms with Crippen molar-refractivity contribution in [1.29, 1.82) is 0 Å². The molecule has 1 rings (SSSR count). The molecule has 3 N–H and O–H groups in total. The zero-order valence-electron chi connectivity index (χ0n) is 11.7. The van der Waals surface area contributed by atoms with Crippen LogP contribution in [-0.4, -0.2) is 23.7 Å². The van der Waals surface area contributed by atoms with Gasteiger partial charge in [-0.25, -0.2) is 0 Å². The minimum atomic E-state index is -0.941. The van der Waals surface area contributed by atoms with E-state index in [9.17, 15) is 4.79 Å². The first-order valence-electron chi connectivity index (χ1n) is 6.23. The molecule has 1 unspecified atom stereocenters. The molecule has 4 nitrogen and oxygen atoms in total. The fourth-order valence-electron chi connectivity index (χ4n) is 1.55. The van der Waals surface area contributed by atoms with Gasteiger partial charge in [0.1, 0.15) is 12.4 Å². The number of carbonyl (C=O) groups is 1. The van der Waals surface area contributed by atoms with E-state index >= 15 is 0 Å². The van der Waals surface area contributed by atoms with Gasteiger partial charge >= 0.3 is 5.97 Å². The number of hydrogen-bond acceptors (Lipinski definition) is 3. The third-order valence-electron chi connectivity index (χ3n) is 2.77. The lowest BCUT2D eigenvalue weighted by molar-refractivity contribution is -0.148. The molecule has 1 aromatic rings. The van der Waals surface area contributed by atoms with Crippen molar-refractivity contribution < 1.29 is 14.6 Å². The number of halogens is 2. The zero-order chi connectivity index (χ0) is 15.5. The summed E-state index contributed by atoms with van der Waals surface area (Å²) in [5.74, 6) is -0.286. The summed E-state index contributed by atoms with van der Waals surface area (Å²) in [4.78, 5) is 11.1. The van der Waals surface area contributed by atoms with Crippen molar-refractivity contribution in [2.75, 3.05) is 6.61 Å². The van der Waals surface area contributed by atoms with Gasteiger partial charge in [0, 0.05) is 6.04 Å². The molecule has 0 bridgehead atoms. The summed E-state index contributed by atoms with van der Waals surface area (Å²) in [6, 6.07) is 3.96. The first-order chi connectivity index (χ1) is 9.13. The molecule has 0 radical (unpaired) electrons. The molecule has 0 heterocycles. The lowest BCUT2D eigenvalue weighted by Gasteiger charge is -2.21. The van der Waals surface area contributed by atoms with Crippen LogP contribution in [0.5, 0.6) is 5.75 Å². The maximum atomic E-state index is 11.1. The summed E-state index contributed by atoms with van der Waals surface area (Å²) in [6.07, 6.45) is 0.762. The smallest absolute Gasteiger partial charge is 0.312 e. The standard InChI is InChI=1S/C14H19Br2NO3/c1-8(17)4-9-5-10(15)12(11(16)6-9)20-7-14(2,3)13(18)19/h5-6,8H,4,7,17H2,1-3H3,(H,18,19). The highest BCUT2D eigenvalue weighted by Gasteiger charge is 2.28. The van der Waals surface area contributed by atoms with Gasteiger partial charge in [-0.2, -0.15) is 0 Å². The number of carboxylic acids is 1. The van der Waals surface area contributed by atoms with Crippen LogP contribution in [0.4, 0.5) is 0 Å². The summed E-state index contributed by atoms with van der Waals surface area (Å²) >= 11 is 6.90. The van der Waals surface area contributed by atoms with E-state index in [0.717, 1.165) is 20.9 Å². The fraction of sp³-hybridized carbons (Fsp3) is 0.500. The zero-order valence-corrected chi connectivity index (χ0v) is 14.9. The highest BCUT2D eigenvalue weighted by atomic mass is 79.9. The molecule has 0 saturated carbocycles. The average molecular weight is 409 g/mol. The molecule has 1 atom stereocenters. The molecule has 0 aromatic heterocycles. The Morgan fingerprint density at radius 2 is 1.90 bits per heavy atom. The molecule has 0 aliphatic heterocycles. The molecule has 6 heteroatoms. The van der Waals surface area contributed by atoms with Gasteiger partial charge in [-0.3, -0.25) is 4.79 Å². The molecular formula is C14H19Br2NO3. The van der Waals surface area contributed by atoms with Crippen LogP contribution in [0.2, 0.25) is 0 Å². The van der Waals surface area contributed by atoms with E-state index in [1.165, 1.54) is 0 Å². The van der Waals surface area contributed by atoms with E-state index in [0.29, 0.717) is 5.75 Å². The largest absolute Gasteiger partial charge is 0.490 e. The van der Waals surface area contributed by atoms with Gasteiger partial charge < -0.3 is 15.6 Å². The van der Waals surface area contributed by atoms with E-state index in [1.807, 2.05) is 19.1 Å². The van der Waals surface area contributed by atoms with Crippen molar-refractivity contribution in [3.63, 3.8) is 0 Å². The third-order valence-corrected chi connectivity index (χ3v) is 3.95. The van der Waals surface area contributed by atoms with Crippen molar-refractivity contribution in [3.05, 3.63) is 26.6 Å². The molecule has 0 fully saturated rings. The predicted octanol–water partition coefficient (Wildman–Crippen LogP) is 3.59. The fourth-order valence-corrected chi connectivity index (χ4v) is 3.06. The summed E-state index contributed by atoms with van der Waals surface area (Å²) < 4.78 is 7.21. The second kappa shape index (κ2) is 6.91. The molecule has 0 aliphatic carbocycles. The first-order valence-corrected chi connectivity index (χ1v) is 7.82. The van der Waals surface area contributed by atoms with E-state index in [-0.39, 0.29) is 12.6 Å². The first kappa shape index (κ1) is 17.5. The minimum Gasteiger partial charge on any atom is -0.490 e. The van der Waals surface area contributed by atoms with Crippen LogP contribution in [0.1, 0.15) is 26.3 Å². The van der Waals surface area contributed by atoms with Gasteiger partial charge in [-0.15, -0.1) is 0 Å². The average Bonchev–Trinajstić information content (AvgIpc) is 2.26. The summed E-state index contributed by atoms with van der Waals surface area (Å²) in [7, 11) is 0. The number of aliphatic carboxylic acids is 1. The highest BCUT2D eigenvalue weighted by molar-refractivity contribution is 9.11. The Kier molecular flexibility index (Phi) is 6.04. The van der Waals surface area contributed by atoms with Gasteiger partial charge in [0.25, 0.3) is 0 Å². The highest BCUT2D eigenvalue weighted by Crippen LogP contribution is 2.36. The molecule has 0 spiro atoms. The quantitative estimate of drug-likeness (QED) is 0.754. The van der Waals surface area contributed by atoms with Crippen molar-refractivity contribution >= 4 is 37.8 Å². The summed E-state index contributed by atoms with van der Waals surface area (Å²) in [5.41, 5.74) is 5.93. The maximum absolute atomic E-state index is 11.1. The number of nitrogens with two attached hydrogens (primary N) is 1. The SMILES string of the molecule is CC(N)Cc1cc(Br)c(OCC(C)(C)C(=O)O)c(Br)c1. The number of ether oxygens (including phenoxy) is 1. The number of hydrogen-bond donors (Lipinski definition) is 2. The van der Waals surface area contributed by atoms with E-state index in [4.69, 9.17) is 15.6 Å². The van der Waals surface area contributed by atoms with Crippen molar-refractivity contribution in [2.24, 2.45) is 11.1 Å². The van der Waals surface area contributed by atoms with Crippen LogP contribution < -0.4 is 10.5 Å². The molecule has 20 heavy (non-hydrogen) atoms. The summed E-state index contributed by atoms with van der Waals surface area (Å²) in [5, 5.41) is 9.08. The maximum Gasteiger partial charge on any atom is 0.312 e. The van der Waals surface area contributed by atoms with Gasteiger partial charge in [0.05, 0.1) is 14.4 Å². The normalized spacial score (nSPS) is 13.1. The van der Waals surface area contributed by atoms with Crippen LogP contribution in [0.15, 0.2) is 21.1 Å². The Hall–Kier alpha value is -0.590. The van der Waals surface area contributed by atoms with Gasteiger partial charge in [0.2, 0.25) is 0 Å². The Morgan fingerprint density at radius 1 is 1.40 bits per heavy atom. The van der Waals surface area contributed by atoms with E-state index in [1.54, 1.807) is 13.8 Å². The molecule has 1 aromatic carbocycles. The minimum absolute atomic E-state index is 0.0755. The molecule has 0 aliphatic rings. The Labute approximate surface area is 135 Å². The topological polar surface area (TPSA) is 72.5 Å². The third kappa shape index (κ3) is 4.75. The molecular weight excluding hydrogens is 390 g/mol. The Balaban J connectivity index is 2.89.